The van der Waals surface area contributed by atoms with E-state index in [0.29, 0.717) is 0 Å². The maximum atomic E-state index is 5.35. The second kappa shape index (κ2) is 1.81. The molecule has 0 spiro atoms. The molecule has 4 nitrogen and oxygen atoms in total. The van der Waals surface area contributed by atoms with Crippen LogP contribution in [0.2, 0.25) is 0 Å². The molecule has 1 aliphatic rings. The molecule has 8 heavy (non-hydrogen) atoms. The van der Waals surface area contributed by atoms with Gasteiger partial charge in [0.1, 0.15) is 0 Å². The van der Waals surface area contributed by atoms with Gasteiger partial charge >= 0.3 is 0 Å². The van der Waals surface area contributed by atoms with Crippen LogP contribution < -0.4 is 16.8 Å². The van der Waals surface area contributed by atoms with E-state index in [1.54, 1.807) is 6.21 Å². The highest BCUT2D eigenvalue weighted by Gasteiger charge is 2.16. The summed E-state index contributed by atoms with van der Waals surface area (Å²) in [7, 11) is 0. The summed E-state index contributed by atoms with van der Waals surface area (Å²) in [6.07, 6.45) is 2.65. The Morgan fingerprint density at radius 3 is 2.62 bits per heavy atom. The minimum absolute atomic E-state index is 0.816. The highest BCUT2D eigenvalue weighted by atomic mass is 15.4. The van der Waals surface area contributed by atoms with Crippen LogP contribution in [0, 0.1) is 0 Å². The van der Waals surface area contributed by atoms with Gasteiger partial charge in [0.15, 0.2) is 0 Å². The van der Waals surface area contributed by atoms with Gasteiger partial charge in [0.05, 0.1) is 0 Å². The van der Waals surface area contributed by atoms with Gasteiger partial charge in [-0.15, -0.1) is 0 Å². The fourth-order valence-corrected chi connectivity index (χ4v) is 0.598. The van der Waals surface area contributed by atoms with E-state index < -0.39 is 5.91 Å². The number of nitrogens with zero attached hydrogens (tertiary/aromatic N) is 1. The number of rotatable bonds is 0. The van der Waals surface area contributed by atoms with Gasteiger partial charge in [-0.05, 0) is 6.42 Å². The van der Waals surface area contributed by atoms with Crippen molar-refractivity contribution in [3.63, 3.8) is 0 Å². The maximum Gasteiger partial charge on any atom is 0.217 e. The minimum Gasteiger partial charge on any atom is -0.282 e. The summed E-state index contributed by atoms with van der Waals surface area (Å²) in [5, 5.41) is 2.82. The Morgan fingerprint density at radius 2 is 2.38 bits per heavy atom. The molecule has 0 saturated heterocycles. The van der Waals surface area contributed by atoms with Crippen LogP contribution in [-0.2, 0) is 0 Å². The average molecular weight is 114 g/mol. The van der Waals surface area contributed by atoms with Crippen molar-refractivity contribution in [3.05, 3.63) is 0 Å². The first-order valence-electron chi connectivity index (χ1n) is 2.57. The zero-order chi connectivity index (χ0) is 6.04. The molecule has 1 aliphatic heterocycles. The van der Waals surface area contributed by atoms with Crippen molar-refractivity contribution in [2.24, 2.45) is 16.5 Å². The summed E-state index contributed by atoms with van der Waals surface area (Å²) >= 11 is 0. The molecule has 0 aliphatic carbocycles. The highest BCUT2D eigenvalue weighted by Crippen LogP contribution is 1.91. The van der Waals surface area contributed by atoms with Gasteiger partial charge in [0, 0.05) is 12.8 Å². The van der Waals surface area contributed by atoms with Crippen molar-refractivity contribution in [2.45, 2.75) is 12.3 Å². The average Bonchev–Trinajstić information content (AvgIpc) is 1.65. The van der Waals surface area contributed by atoms with E-state index in [4.69, 9.17) is 11.5 Å². The first-order chi connectivity index (χ1) is 3.71. The monoisotopic (exact) mass is 114 g/mol. The van der Waals surface area contributed by atoms with Crippen molar-refractivity contribution < 1.29 is 0 Å². The molecule has 0 aromatic rings. The second-order valence-corrected chi connectivity index (χ2v) is 1.85. The first kappa shape index (κ1) is 5.68. The molecule has 0 atom stereocenters. The highest BCUT2D eigenvalue weighted by molar-refractivity contribution is 5.58. The lowest BCUT2D eigenvalue weighted by Crippen LogP contribution is -2.61. The van der Waals surface area contributed by atoms with Crippen LogP contribution in [-0.4, -0.2) is 18.7 Å². The van der Waals surface area contributed by atoms with Gasteiger partial charge in [-0.2, -0.15) is 0 Å². The largest absolute Gasteiger partial charge is 0.282 e. The van der Waals surface area contributed by atoms with E-state index in [9.17, 15) is 0 Å². The summed E-state index contributed by atoms with van der Waals surface area (Å²) in [5.74, 6) is -1.00. The second-order valence-electron chi connectivity index (χ2n) is 1.85. The molecular formula is C4H10N4. The van der Waals surface area contributed by atoms with Crippen LogP contribution in [0.4, 0.5) is 0 Å². The lowest BCUT2D eigenvalue weighted by molar-refractivity contribution is 0.358. The van der Waals surface area contributed by atoms with E-state index in [1.807, 2.05) is 0 Å². The number of nitrogens with two attached hydrogens (primary N) is 2. The summed E-state index contributed by atoms with van der Waals surface area (Å²) < 4.78 is 0. The Labute approximate surface area is 48.0 Å². The molecule has 0 radical (unpaired) electrons. The van der Waals surface area contributed by atoms with Gasteiger partial charge < -0.3 is 0 Å². The van der Waals surface area contributed by atoms with E-state index in [2.05, 4.69) is 10.3 Å². The van der Waals surface area contributed by atoms with Crippen LogP contribution >= 0.6 is 0 Å². The van der Waals surface area contributed by atoms with Gasteiger partial charge in [-0.3, -0.25) is 16.8 Å². The number of hydrogen-bond acceptors (Lipinski definition) is 4. The molecule has 0 saturated carbocycles. The summed E-state index contributed by atoms with van der Waals surface area (Å²) in [6.45, 7) is 0.816. The Morgan fingerprint density at radius 1 is 1.62 bits per heavy atom. The Kier molecular flexibility index (Phi) is 1.29. The van der Waals surface area contributed by atoms with Crippen LogP contribution in [0.1, 0.15) is 6.42 Å². The third-order valence-electron chi connectivity index (χ3n) is 0.987. The van der Waals surface area contributed by atoms with Crippen LogP contribution in [0.5, 0.6) is 0 Å². The van der Waals surface area contributed by atoms with Crippen LogP contribution in [0.15, 0.2) is 4.99 Å². The molecule has 1 heterocycles. The third kappa shape index (κ3) is 1.26. The number of nitrogens with one attached hydrogen (secondary N) is 1. The number of aliphatic imine (C=N–C) groups is 1. The Hall–Kier alpha value is -0.450. The molecule has 5 N–H and O–H groups in total. The molecule has 0 amide bonds. The third-order valence-corrected chi connectivity index (χ3v) is 0.987. The summed E-state index contributed by atoms with van der Waals surface area (Å²) in [4.78, 5) is 3.78. The lowest BCUT2D eigenvalue weighted by atomic mass is 10.4. The predicted molar refractivity (Wildman–Crippen MR) is 32.2 cm³/mol. The molecule has 4 heteroatoms. The standard InChI is InChI=1S/C4H10N4/c5-4(6)7-2-1-3-8-4/h2,8H,1,3,5-6H2. The fraction of sp³-hybridized carbons (Fsp3) is 0.750. The van der Waals surface area contributed by atoms with E-state index in [0.717, 1.165) is 13.0 Å². The van der Waals surface area contributed by atoms with Crippen molar-refractivity contribution in [3.8, 4) is 0 Å². The van der Waals surface area contributed by atoms with Crippen LogP contribution in [0.25, 0.3) is 0 Å². The van der Waals surface area contributed by atoms with Crippen molar-refractivity contribution in [2.75, 3.05) is 6.54 Å². The Bertz CT molecular complexity index is 107. The molecule has 0 bridgehead atoms. The minimum atomic E-state index is -1.00. The van der Waals surface area contributed by atoms with Gasteiger partial charge in [-0.25, -0.2) is 4.99 Å². The van der Waals surface area contributed by atoms with Crippen molar-refractivity contribution in [1.82, 2.24) is 5.32 Å². The van der Waals surface area contributed by atoms with E-state index >= 15 is 0 Å². The van der Waals surface area contributed by atoms with Crippen LogP contribution in [0.3, 0.4) is 0 Å². The molecule has 0 unspecified atom stereocenters. The molecule has 0 aromatic heterocycles. The molecule has 1 rings (SSSR count). The van der Waals surface area contributed by atoms with E-state index in [-0.39, 0.29) is 0 Å². The molecular weight excluding hydrogens is 104 g/mol. The molecule has 0 aromatic carbocycles. The van der Waals surface area contributed by atoms with Gasteiger partial charge in [0.25, 0.3) is 0 Å². The lowest BCUT2D eigenvalue weighted by Gasteiger charge is -2.23. The van der Waals surface area contributed by atoms with Gasteiger partial charge in [-0.1, -0.05) is 0 Å². The zero-order valence-corrected chi connectivity index (χ0v) is 4.59. The molecule has 46 valence electrons. The zero-order valence-electron chi connectivity index (χ0n) is 4.59. The SMILES string of the molecule is NC1(N)N=CCCN1. The summed E-state index contributed by atoms with van der Waals surface area (Å²) in [5.41, 5.74) is 10.7. The normalized spacial score (nSPS) is 25.8. The predicted octanol–water partition coefficient (Wildman–Crippen LogP) is -1.42. The Balaban J connectivity index is 2.56. The van der Waals surface area contributed by atoms with Gasteiger partial charge in [0.2, 0.25) is 5.91 Å². The summed E-state index contributed by atoms with van der Waals surface area (Å²) in [6, 6.07) is 0. The topological polar surface area (TPSA) is 76.4 Å². The van der Waals surface area contributed by atoms with Crippen molar-refractivity contribution >= 4 is 6.21 Å². The smallest absolute Gasteiger partial charge is 0.217 e. The number of hydrogen-bond donors (Lipinski definition) is 3. The fourth-order valence-electron chi connectivity index (χ4n) is 0.598. The van der Waals surface area contributed by atoms with E-state index in [1.165, 1.54) is 0 Å². The maximum absolute atomic E-state index is 5.35. The molecule has 0 fully saturated rings. The quantitative estimate of drug-likeness (QED) is 0.338. The first-order valence-corrected chi connectivity index (χ1v) is 2.57. The van der Waals surface area contributed by atoms with Crippen molar-refractivity contribution in [1.29, 1.82) is 0 Å².